The molecule has 194 valence electrons. The van der Waals surface area contributed by atoms with E-state index in [2.05, 4.69) is 5.32 Å². The molecule has 0 atom stereocenters. The molecular weight excluding hydrogens is 520 g/mol. The van der Waals surface area contributed by atoms with E-state index in [1.807, 2.05) is 61.5 Å². The lowest BCUT2D eigenvalue weighted by molar-refractivity contribution is -0.114. The fourth-order valence-electron chi connectivity index (χ4n) is 3.55. The zero-order chi connectivity index (χ0) is 27.1. The van der Waals surface area contributed by atoms with Crippen LogP contribution in [0.25, 0.3) is 0 Å². The van der Waals surface area contributed by atoms with Gasteiger partial charge in [-0.3, -0.25) is 9.10 Å². The number of anilines is 2. The van der Waals surface area contributed by atoms with Crippen molar-refractivity contribution in [1.29, 1.82) is 0 Å². The maximum absolute atomic E-state index is 13.0. The Morgan fingerprint density at radius 3 is 2.26 bits per heavy atom. The molecule has 9 heteroatoms. The predicted molar refractivity (Wildman–Crippen MR) is 150 cm³/mol. The molecular formula is C29H26N2O5S2. The van der Waals surface area contributed by atoms with Gasteiger partial charge in [-0.25, -0.2) is 13.2 Å². The lowest BCUT2D eigenvalue weighted by atomic mass is 10.2. The van der Waals surface area contributed by atoms with E-state index >= 15 is 0 Å². The van der Waals surface area contributed by atoms with E-state index < -0.39 is 28.4 Å². The van der Waals surface area contributed by atoms with Crippen LogP contribution in [-0.2, 0) is 14.8 Å². The van der Waals surface area contributed by atoms with Gasteiger partial charge in [-0.1, -0.05) is 65.9 Å². The molecule has 0 aliphatic rings. The number of carbonyl (C=O) groups excluding carboxylic acids is 2. The summed E-state index contributed by atoms with van der Waals surface area (Å²) >= 11 is 1.49. The maximum atomic E-state index is 13.0. The van der Waals surface area contributed by atoms with Crippen molar-refractivity contribution in [3.05, 3.63) is 114 Å². The third-order valence-electron chi connectivity index (χ3n) is 5.42. The molecule has 0 saturated heterocycles. The maximum Gasteiger partial charge on any atom is 0.343 e. The highest BCUT2D eigenvalue weighted by molar-refractivity contribution is 7.99. The summed E-state index contributed by atoms with van der Waals surface area (Å²) in [7, 11) is -3.85. The van der Waals surface area contributed by atoms with Crippen molar-refractivity contribution in [3.8, 4) is 5.75 Å². The molecule has 0 heterocycles. The summed E-state index contributed by atoms with van der Waals surface area (Å²) < 4.78 is 31.7. The number of nitrogens with one attached hydrogen (secondary N) is 1. The molecule has 38 heavy (non-hydrogen) atoms. The van der Waals surface area contributed by atoms with Crippen molar-refractivity contribution in [2.24, 2.45) is 0 Å². The Morgan fingerprint density at radius 2 is 1.55 bits per heavy atom. The molecule has 0 aromatic heterocycles. The average Bonchev–Trinajstić information content (AvgIpc) is 2.90. The Kier molecular flexibility index (Phi) is 8.50. The van der Waals surface area contributed by atoms with Gasteiger partial charge >= 0.3 is 5.97 Å². The number of esters is 1. The number of amides is 1. The largest absolute Gasteiger partial charge is 0.423 e. The smallest absolute Gasteiger partial charge is 0.343 e. The first-order valence-electron chi connectivity index (χ1n) is 11.7. The highest BCUT2D eigenvalue weighted by Gasteiger charge is 2.23. The topological polar surface area (TPSA) is 92.8 Å². The fraction of sp³-hybridized carbons (Fsp3) is 0.103. The minimum atomic E-state index is -3.85. The Balaban J connectivity index is 1.51. The average molecular weight is 547 g/mol. The zero-order valence-corrected chi connectivity index (χ0v) is 22.5. The number of nitrogens with zero attached hydrogens (tertiary/aromatic N) is 1. The Hall–Kier alpha value is -4.08. The van der Waals surface area contributed by atoms with E-state index in [1.165, 1.54) is 30.0 Å². The monoisotopic (exact) mass is 546 g/mol. The van der Waals surface area contributed by atoms with Crippen molar-refractivity contribution >= 4 is 45.0 Å². The Labute approximate surface area is 226 Å². The van der Waals surface area contributed by atoms with Crippen LogP contribution in [0.5, 0.6) is 5.75 Å². The molecule has 0 aliphatic carbocycles. The van der Waals surface area contributed by atoms with Crippen LogP contribution in [-0.4, -0.2) is 33.1 Å². The number of aryl methyl sites for hydroxylation is 1. The molecule has 7 nitrogen and oxygen atoms in total. The number of rotatable bonds is 9. The summed E-state index contributed by atoms with van der Waals surface area (Å²) in [4.78, 5) is 27.5. The number of hydrogen-bond acceptors (Lipinski definition) is 6. The van der Waals surface area contributed by atoms with Gasteiger partial charge in [0.15, 0.2) is 0 Å². The molecule has 0 fully saturated rings. The van der Waals surface area contributed by atoms with Gasteiger partial charge in [-0.15, -0.1) is 0 Å². The van der Waals surface area contributed by atoms with Crippen LogP contribution in [0.3, 0.4) is 0 Å². The first-order chi connectivity index (χ1) is 18.2. The second-order valence-electron chi connectivity index (χ2n) is 8.48. The first kappa shape index (κ1) is 27.0. The molecule has 4 aromatic rings. The van der Waals surface area contributed by atoms with Crippen molar-refractivity contribution in [2.45, 2.75) is 16.7 Å². The summed E-state index contributed by atoms with van der Waals surface area (Å²) in [6.45, 7) is 1.45. The summed E-state index contributed by atoms with van der Waals surface area (Å²) in [5.74, 6) is -0.790. The fourth-order valence-corrected chi connectivity index (χ4v) is 5.33. The number of hydrogen-bond donors (Lipinski definition) is 1. The lowest BCUT2D eigenvalue weighted by Crippen LogP contribution is -2.37. The molecule has 1 N–H and O–H groups in total. The van der Waals surface area contributed by atoms with Crippen molar-refractivity contribution in [3.63, 3.8) is 0 Å². The van der Waals surface area contributed by atoms with Crippen LogP contribution in [0.2, 0.25) is 0 Å². The third-order valence-corrected chi connectivity index (χ3v) is 7.65. The highest BCUT2D eigenvalue weighted by Crippen LogP contribution is 2.33. The summed E-state index contributed by atoms with van der Waals surface area (Å²) in [6, 6.07) is 30.0. The third kappa shape index (κ3) is 7.24. The molecule has 4 aromatic carbocycles. The van der Waals surface area contributed by atoms with E-state index in [9.17, 15) is 18.0 Å². The molecule has 4 rings (SSSR count). The number of benzene rings is 4. The van der Waals surface area contributed by atoms with Crippen molar-refractivity contribution in [1.82, 2.24) is 0 Å². The molecule has 0 spiro atoms. The van der Waals surface area contributed by atoms with Gasteiger partial charge in [0.05, 0.1) is 23.2 Å². The van der Waals surface area contributed by atoms with Gasteiger partial charge in [0.25, 0.3) is 0 Å². The quantitative estimate of drug-likeness (QED) is 0.212. The van der Waals surface area contributed by atoms with E-state index in [4.69, 9.17) is 4.74 Å². The number of ether oxygens (including phenoxy) is 1. The van der Waals surface area contributed by atoms with Gasteiger partial charge in [0, 0.05) is 9.79 Å². The summed E-state index contributed by atoms with van der Waals surface area (Å²) in [5, 5.41) is 2.82. The number of para-hydroxylation sites is 1. The minimum absolute atomic E-state index is 0.154. The SMILES string of the molecule is Cc1ccc(OC(=O)c2cccc(N(CC(=O)Nc3ccccc3Sc3ccccc3)S(C)(=O)=O)c2)cc1. The minimum Gasteiger partial charge on any atom is -0.423 e. The molecule has 0 aliphatic heterocycles. The number of sulfonamides is 1. The molecule has 0 bridgehead atoms. The first-order valence-corrected chi connectivity index (χ1v) is 14.3. The Morgan fingerprint density at radius 1 is 0.868 bits per heavy atom. The van der Waals surface area contributed by atoms with Crippen LogP contribution >= 0.6 is 11.8 Å². The molecule has 1 amide bonds. The van der Waals surface area contributed by atoms with E-state index in [1.54, 1.807) is 30.3 Å². The van der Waals surface area contributed by atoms with Crippen molar-refractivity contribution < 1.29 is 22.7 Å². The molecule has 0 unspecified atom stereocenters. The molecule has 0 saturated carbocycles. The standard InChI is InChI=1S/C29H26N2O5S2/c1-21-15-17-24(18-16-21)36-29(33)22-9-8-10-23(19-22)31(38(2,34)35)20-28(32)30-26-13-6-7-14-27(26)37-25-11-4-3-5-12-25/h3-19H,20H2,1-2H3,(H,30,32). The van der Waals surface area contributed by atoms with E-state index in [0.717, 1.165) is 25.9 Å². The van der Waals surface area contributed by atoms with E-state index in [0.29, 0.717) is 11.4 Å². The van der Waals surface area contributed by atoms with Gasteiger partial charge in [0.1, 0.15) is 12.3 Å². The second kappa shape index (κ2) is 12.0. The summed E-state index contributed by atoms with van der Waals surface area (Å²) in [6.07, 6.45) is 1.01. The normalized spacial score (nSPS) is 11.0. The van der Waals surface area contributed by atoms with Crippen LogP contribution in [0.4, 0.5) is 11.4 Å². The second-order valence-corrected chi connectivity index (χ2v) is 11.5. The Bertz CT molecular complexity index is 1540. The summed E-state index contributed by atoms with van der Waals surface area (Å²) in [5.41, 5.74) is 1.92. The van der Waals surface area contributed by atoms with Crippen LogP contribution in [0.1, 0.15) is 15.9 Å². The van der Waals surface area contributed by atoms with Crippen LogP contribution in [0.15, 0.2) is 113 Å². The van der Waals surface area contributed by atoms with Crippen LogP contribution < -0.4 is 14.4 Å². The van der Waals surface area contributed by atoms with Gasteiger partial charge in [-0.05, 0) is 61.5 Å². The predicted octanol–water partition coefficient (Wildman–Crippen LogP) is 5.77. The highest BCUT2D eigenvalue weighted by atomic mass is 32.2. The van der Waals surface area contributed by atoms with Gasteiger partial charge < -0.3 is 10.1 Å². The van der Waals surface area contributed by atoms with Crippen LogP contribution in [0, 0.1) is 6.92 Å². The van der Waals surface area contributed by atoms with Gasteiger partial charge in [-0.2, -0.15) is 0 Å². The molecule has 0 radical (unpaired) electrons. The number of carbonyl (C=O) groups is 2. The van der Waals surface area contributed by atoms with Crippen molar-refractivity contribution in [2.75, 3.05) is 22.4 Å². The van der Waals surface area contributed by atoms with Gasteiger partial charge in [0.2, 0.25) is 15.9 Å². The zero-order valence-electron chi connectivity index (χ0n) is 20.8. The van der Waals surface area contributed by atoms with E-state index in [-0.39, 0.29) is 11.3 Å². The lowest BCUT2D eigenvalue weighted by Gasteiger charge is -2.22.